The van der Waals surface area contributed by atoms with Gasteiger partial charge in [0.05, 0.1) is 18.8 Å². The number of pyridine rings is 1. The Hall–Kier alpha value is -2.67. The molecule has 7 nitrogen and oxygen atoms in total. The number of nitrogens with zero attached hydrogens (tertiary/aromatic N) is 3. The zero-order valence-electron chi connectivity index (χ0n) is 16.0. The van der Waals surface area contributed by atoms with Crippen molar-refractivity contribution in [1.29, 1.82) is 0 Å². The quantitative estimate of drug-likeness (QED) is 0.794. The van der Waals surface area contributed by atoms with Crippen LogP contribution in [0.5, 0.6) is 0 Å². The molecule has 0 unspecified atom stereocenters. The van der Waals surface area contributed by atoms with Crippen LogP contribution >= 0.6 is 0 Å². The van der Waals surface area contributed by atoms with Crippen molar-refractivity contribution in [2.24, 2.45) is 0 Å². The fourth-order valence-corrected chi connectivity index (χ4v) is 3.88. The molecular formula is C21H26N4O3. The first-order valence-electron chi connectivity index (χ1n) is 9.97. The van der Waals surface area contributed by atoms with E-state index < -0.39 is 0 Å². The molecule has 2 aromatic heterocycles. The number of likely N-dealkylation sites (tertiary alicyclic amines) is 1. The third-order valence-corrected chi connectivity index (χ3v) is 5.34. The van der Waals surface area contributed by atoms with E-state index >= 15 is 0 Å². The average Bonchev–Trinajstić information content (AvgIpc) is 3.45. The monoisotopic (exact) mass is 382 g/mol. The van der Waals surface area contributed by atoms with Gasteiger partial charge in [-0.25, -0.2) is 0 Å². The van der Waals surface area contributed by atoms with Crippen molar-refractivity contribution in [3.63, 3.8) is 0 Å². The van der Waals surface area contributed by atoms with E-state index in [0.29, 0.717) is 25.3 Å². The average molecular weight is 382 g/mol. The molecule has 0 saturated carbocycles. The summed E-state index contributed by atoms with van der Waals surface area (Å²) in [4.78, 5) is 33.1. The highest BCUT2D eigenvalue weighted by Crippen LogP contribution is 2.18. The van der Waals surface area contributed by atoms with Crippen LogP contribution in [0.4, 0.5) is 0 Å². The fraction of sp³-hybridized carbons (Fsp3) is 0.476. The summed E-state index contributed by atoms with van der Waals surface area (Å²) in [6.07, 6.45) is 5.41. The maximum atomic E-state index is 13.1. The molecule has 1 N–H and O–H groups in total. The summed E-state index contributed by atoms with van der Waals surface area (Å²) in [7, 11) is 0. The molecule has 2 fully saturated rings. The Balaban J connectivity index is 1.47. The molecule has 4 heterocycles. The predicted molar refractivity (Wildman–Crippen MR) is 103 cm³/mol. The van der Waals surface area contributed by atoms with Crippen molar-refractivity contribution in [3.05, 3.63) is 53.7 Å². The summed E-state index contributed by atoms with van der Waals surface area (Å²) in [5.41, 5.74) is 0.809. The van der Waals surface area contributed by atoms with E-state index in [-0.39, 0.29) is 17.9 Å². The molecular weight excluding hydrogens is 356 g/mol. The van der Waals surface area contributed by atoms with Crippen LogP contribution in [0.2, 0.25) is 0 Å². The van der Waals surface area contributed by atoms with E-state index in [2.05, 4.69) is 15.2 Å². The molecule has 2 aliphatic rings. The van der Waals surface area contributed by atoms with Crippen molar-refractivity contribution in [2.75, 3.05) is 19.6 Å². The van der Waals surface area contributed by atoms with E-state index in [0.717, 1.165) is 37.5 Å². The number of hydrogen-bond donors (Lipinski definition) is 1. The molecule has 2 aliphatic heterocycles. The number of aromatic nitrogens is 1. The zero-order chi connectivity index (χ0) is 19.3. The minimum atomic E-state index is -0.167. The normalized spacial score (nSPS) is 19.7. The number of rotatable bonds is 7. The molecule has 4 rings (SSSR count). The molecule has 0 spiro atoms. The highest BCUT2D eigenvalue weighted by molar-refractivity contribution is 5.91. The van der Waals surface area contributed by atoms with E-state index in [1.165, 1.54) is 12.8 Å². The van der Waals surface area contributed by atoms with Crippen LogP contribution in [0.25, 0.3) is 0 Å². The minimum Gasteiger partial charge on any atom is -0.455 e. The van der Waals surface area contributed by atoms with Gasteiger partial charge >= 0.3 is 0 Å². The lowest BCUT2D eigenvalue weighted by atomic mass is 10.2. The topological polar surface area (TPSA) is 78.7 Å². The molecule has 0 aliphatic carbocycles. The number of hydrogen-bond acceptors (Lipinski definition) is 5. The Kier molecular flexibility index (Phi) is 5.71. The van der Waals surface area contributed by atoms with Gasteiger partial charge in [-0.15, -0.1) is 0 Å². The summed E-state index contributed by atoms with van der Waals surface area (Å²) in [6.45, 7) is 3.73. The molecule has 0 aromatic carbocycles. The lowest BCUT2D eigenvalue weighted by Crippen LogP contribution is -2.41. The lowest BCUT2D eigenvalue weighted by molar-refractivity contribution is -0.119. The maximum absolute atomic E-state index is 13.1. The molecule has 1 atom stereocenters. The zero-order valence-corrected chi connectivity index (χ0v) is 16.0. The van der Waals surface area contributed by atoms with E-state index in [1.807, 2.05) is 24.3 Å². The molecule has 7 heteroatoms. The van der Waals surface area contributed by atoms with Crippen LogP contribution in [0.1, 0.15) is 47.7 Å². The molecule has 0 bridgehead atoms. The van der Waals surface area contributed by atoms with Gasteiger partial charge in [0.1, 0.15) is 5.76 Å². The number of carbonyl (C=O) groups is 2. The molecule has 2 saturated heterocycles. The smallest absolute Gasteiger partial charge is 0.289 e. The minimum absolute atomic E-state index is 0.0285. The first-order valence-corrected chi connectivity index (χ1v) is 9.97. The van der Waals surface area contributed by atoms with E-state index in [4.69, 9.17) is 4.42 Å². The Labute approximate surface area is 164 Å². The standard InChI is InChI=1S/C21H26N4O3/c26-20-9-6-17(23-20)14-25(13-16-5-1-2-10-22-16)21(27)19-8-7-18(28-19)15-24-11-3-4-12-24/h1-2,5,7-8,10,17H,3-4,6,9,11-15H2,(H,23,26)/t17-/m0/s1. The fourth-order valence-electron chi connectivity index (χ4n) is 3.88. The van der Waals surface area contributed by atoms with Gasteiger partial charge < -0.3 is 14.6 Å². The highest BCUT2D eigenvalue weighted by atomic mass is 16.4. The van der Waals surface area contributed by atoms with Crippen molar-refractivity contribution in [2.45, 2.75) is 44.8 Å². The third-order valence-electron chi connectivity index (χ3n) is 5.34. The lowest BCUT2D eigenvalue weighted by Gasteiger charge is -2.24. The van der Waals surface area contributed by atoms with Gasteiger partial charge in [-0.3, -0.25) is 19.5 Å². The second-order valence-electron chi connectivity index (χ2n) is 7.56. The van der Waals surface area contributed by atoms with Crippen LogP contribution in [-0.2, 0) is 17.9 Å². The number of carbonyl (C=O) groups excluding carboxylic acids is 2. The van der Waals surface area contributed by atoms with Gasteiger partial charge in [-0.05, 0) is 56.6 Å². The van der Waals surface area contributed by atoms with Crippen LogP contribution in [0.3, 0.4) is 0 Å². The first-order chi connectivity index (χ1) is 13.7. The van der Waals surface area contributed by atoms with Crippen molar-refractivity contribution >= 4 is 11.8 Å². The first kappa shape index (κ1) is 18.7. The Morgan fingerprint density at radius 1 is 1.25 bits per heavy atom. The van der Waals surface area contributed by atoms with Crippen LogP contribution in [0, 0.1) is 0 Å². The third kappa shape index (κ3) is 4.59. The van der Waals surface area contributed by atoms with Crippen LogP contribution in [-0.4, -0.2) is 52.3 Å². The molecule has 148 valence electrons. The maximum Gasteiger partial charge on any atom is 0.289 e. The number of amides is 2. The summed E-state index contributed by atoms with van der Waals surface area (Å²) in [5, 5.41) is 2.94. The van der Waals surface area contributed by atoms with Crippen molar-refractivity contribution in [1.82, 2.24) is 20.1 Å². The van der Waals surface area contributed by atoms with Crippen LogP contribution in [0.15, 0.2) is 40.9 Å². The Bertz CT molecular complexity index is 814. The van der Waals surface area contributed by atoms with Crippen molar-refractivity contribution < 1.29 is 14.0 Å². The van der Waals surface area contributed by atoms with Gasteiger partial charge in [0.15, 0.2) is 5.76 Å². The molecule has 28 heavy (non-hydrogen) atoms. The SMILES string of the molecule is O=C1CC[C@@H](CN(Cc2ccccn2)C(=O)c2ccc(CN3CCCC3)o2)N1. The second kappa shape index (κ2) is 8.56. The van der Waals surface area contributed by atoms with Gasteiger partial charge in [0.25, 0.3) is 5.91 Å². The molecule has 2 amide bonds. The van der Waals surface area contributed by atoms with Crippen molar-refractivity contribution in [3.8, 4) is 0 Å². The predicted octanol–water partition coefficient (Wildman–Crippen LogP) is 2.19. The van der Waals surface area contributed by atoms with Gasteiger partial charge in [0, 0.05) is 25.2 Å². The molecule has 2 aromatic rings. The second-order valence-corrected chi connectivity index (χ2v) is 7.56. The van der Waals surface area contributed by atoms with Gasteiger partial charge in [0.2, 0.25) is 5.91 Å². The Morgan fingerprint density at radius 3 is 2.82 bits per heavy atom. The Morgan fingerprint density at radius 2 is 2.11 bits per heavy atom. The number of nitrogens with one attached hydrogen (secondary N) is 1. The molecule has 0 radical (unpaired) electrons. The van der Waals surface area contributed by atoms with E-state index in [9.17, 15) is 9.59 Å². The van der Waals surface area contributed by atoms with Crippen LogP contribution < -0.4 is 5.32 Å². The summed E-state index contributed by atoms with van der Waals surface area (Å²) in [6, 6.07) is 9.27. The number of furan rings is 1. The van der Waals surface area contributed by atoms with Gasteiger partial charge in [-0.1, -0.05) is 6.07 Å². The van der Waals surface area contributed by atoms with Gasteiger partial charge in [-0.2, -0.15) is 0 Å². The summed E-state index contributed by atoms with van der Waals surface area (Å²) in [5.74, 6) is 1.03. The summed E-state index contributed by atoms with van der Waals surface area (Å²) >= 11 is 0. The highest BCUT2D eigenvalue weighted by Gasteiger charge is 2.28. The largest absolute Gasteiger partial charge is 0.455 e. The summed E-state index contributed by atoms with van der Waals surface area (Å²) < 4.78 is 5.87. The van der Waals surface area contributed by atoms with E-state index in [1.54, 1.807) is 17.2 Å².